The van der Waals surface area contributed by atoms with Gasteiger partial charge in [-0.05, 0) is 35.7 Å². The predicted molar refractivity (Wildman–Crippen MR) is 87.3 cm³/mol. The van der Waals surface area contributed by atoms with Crippen LogP contribution >= 0.6 is 11.3 Å². The minimum atomic E-state index is 0.744. The number of hydrogen-bond donors (Lipinski definition) is 1. The number of thiophene rings is 1. The molecule has 0 unspecified atom stereocenters. The first kappa shape index (κ1) is 13.1. The van der Waals surface area contributed by atoms with Crippen molar-refractivity contribution in [2.24, 2.45) is 0 Å². The molecule has 0 radical (unpaired) electrons. The summed E-state index contributed by atoms with van der Waals surface area (Å²) in [7, 11) is 1.66. The summed E-state index contributed by atoms with van der Waals surface area (Å²) in [6, 6.07) is 12.0. The average molecular weight is 310 g/mol. The van der Waals surface area contributed by atoms with Crippen LogP contribution in [0.2, 0.25) is 0 Å². The van der Waals surface area contributed by atoms with Crippen LogP contribution in [0.25, 0.3) is 22.6 Å². The summed E-state index contributed by atoms with van der Waals surface area (Å²) in [6.45, 7) is 0.744. The first-order valence-electron chi connectivity index (χ1n) is 6.92. The van der Waals surface area contributed by atoms with Gasteiger partial charge in [-0.3, -0.25) is 0 Å². The van der Waals surface area contributed by atoms with Crippen molar-refractivity contribution in [3.63, 3.8) is 0 Å². The van der Waals surface area contributed by atoms with Crippen LogP contribution in [0.3, 0.4) is 0 Å². The molecule has 0 amide bonds. The smallest absolute Gasteiger partial charge is 0.177 e. The van der Waals surface area contributed by atoms with E-state index < -0.39 is 0 Å². The number of nitrogens with one attached hydrogen (secondary N) is 1. The van der Waals surface area contributed by atoms with Crippen LogP contribution in [0.15, 0.2) is 48.0 Å². The SMILES string of the molecule is COc1ccc(-c2nc3c(cnn3Cc3cccs3)[nH]2)cc1. The topological polar surface area (TPSA) is 55.7 Å². The lowest BCUT2D eigenvalue weighted by atomic mass is 10.2. The van der Waals surface area contributed by atoms with E-state index in [1.807, 2.05) is 41.2 Å². The molecule has 4 rings (SSSR count). The number of benzene rings is 1. The van der Waals surface area contributed by atoms with Crippen LogP contribution < -0.4 is 4.74 Å². The van der Waals surface area contributed by atoms with Crippen molar-refractivity contribution in [3.8, 4) is 17.1 Å². The highest BCUT2D eigenvalue weighted by Crippen LogP contribution is 2.23. The molecule has 0 saturated heterocycles. The van der Waals surface area contributed by atoms with E-state index in [0.717, 1.165) is 34.8 Å². The van der Waals surface area contributed by atoms with Gasteiger partial charge in [0.25, 0.3) is 0 Å². The molecule has 3 heterocycles. The molecule has 0 spiro atoms. The lowest BCUT2D eigenvalue weighted by Gasteiger charge is -2.01. The highest BCUT2D eigenvalue weighted by Gasteiger charge is 2.11. The molecule has 0 aliphatic heterocycles. The number of aromatic nitrogens is 4. The molecule has 6 heteroatoms. The lowest BCUT2D eigenvalue weighted by molar-refractivity contribution is 0.415. The van der Waals surface area contributed by atoms with Gasteiger partial charge in [0.05, 0.1) is 19.9 Å². The van der Waals surface area contributed by atoms with Crippen molar-refractivity contribution >= 4 is 22.5 Å². The van der Waals surface area contributed by atoms with Gasteiger partial charge >= 0.3 is 0 Å². The van der Waals surface area contributed by atoms with Crippen molar-refractivity contribution in [2.75, 3.05) is 7.11 Å². The lowest BCUT2D eigenvalue weighted by Crippen LogP contribution is -2.00. The summed E-state index contributed by atoms with van der Waals surface area (Å²) in [5.74, 6) is 1.68. The van der Waals surface area contributed by atoms with E-state index >= 15 is 0 Å². The second kappa shape index (κ2) is 5.31. The van der Waals surface area contributed by atoms with Crippen molar-refractivity contribution in [3.05, 3.63) is 52.9 Å². The summed E-state index contributed by atoms with van der Waals surface area (Å²) in [6.07, 6.45) is 1.82. The normalized spacial score (nSPS) is 11.1. The summed E-state index contributed by atoms with van der Waals surface area (Å²) in [4.78, 5) is 9.27. The van der Waals surface area contributed by atoms with Crippen LogP contribution in [0.5, 0.6) is 5.75 Å². The minimum Gasteiger partial charge on any atom is -0.497 e. The number of nitrogens with zero attached hydrogens (tertiary/aromatic N) is 3. The maximum atomic E-state index is 5.18. The Hall–Kier alpha value is -2.60. The molecule has 3 aromatic heterocycles. The molecule has 0 aliphatic carbocycles. The van der Waals surface area contributed by atoms with E-state index in [2.05, 4.69) is 26.5 Å². The van der Waals surface area contributed by atoms with Gasteiger partial charge in [0.2, 0.25) is 0 Å². The third kappa shape index (κ3) is 2.27. The quantitative estimate of drug-likeness (QED) is 0.627. The standard InChI is InChI=1S/C16H14N4OS/c1-21-12-6-4-11(5-7-12)15-18-14-9-17-20(16(14)19-15)10-13-3-2-8-22-13/h2-9H,10H2,1H3,(H,18,19). The molecule has 0 bridgehead atoms. The van der Waals surface area contributed by atoms with Crippen LogP contribution in [-0.4, -0.2) is 26.9 Å². The number of aromatic amines is 1. The third-order valence-electron chi connectivity index (χ3n) is 3.53. The maximum Gasteiger partial charge on any atom is 0.177 e. The Balaban J connectivity index is 1.69. The van der Waals surface area contributed by atoms with Crippen LogP contribution in [0.4, 0.5) is 0 Å². The Morgan fingerprint density at radius 1 is 1.23 bits per heavy atom. The highest BCUT2D eigenvalue weighted by molar-refractivity contribution is 7.09. The Morgan fingerprint density at radius 2 is 2.09 bits per heavy atom. The largest absolute Gasteiger partial charge is 0.497 e. The van der Waals surface area contributed by atoms with Crippen molar-refractivity contribution in [2.45, 2.75) is 6.54 Å². The van der Waals surface area contributed by atoms with E-state index in [-0.39, 0.29) is 0 Å². The number of ether oxygens (including phenoxy) is 1. The fraction of sp³-hybridized carbons (Fsp3) is 0.125. The van der Waals surface area contributed by atoms with Gasteiger partial charge in [0, 0.05) is 10.4 Å². The number of H-pyrrole nitrogens is 1. The van der Waals surface area contributed by atoms with Gasteiger partial charge in [-0.25, -0.2) is 9.67 Å². The zero-order valence-corrected chi connectivity index (χ0v) is 12.8. The van der Waals surface area contributed by atoms with Crippen molar-refractivity contribution in [1.29, 1.82) is 0 Å². The molecule has 4 aromatic rings. The Morgan fingerprint density at radius 3 is 2.82 bits per heavy atom. The average Bonchev–Trinajstić information content (AvgIpc) is 3.26. The zero-order valence-electron chi connectivity index (χ0n) is 12.0. The highest BCUT2D eigenvalue weighted by atomic mass is 32.1. The van der Waals surface area contributed by atoms with E-state index in [1.54, 1.807) is 18.4 Å². The molecule has 5 nitrogen and oxygen atoms in total. The van der Waals surface area contributed by atoms with Gasteiger partial charge in [-0.15, -0.1) is 11.3 Å². The van der Waals surface area contributed by atoms with E-state index in [9.17, 15) is 0 Å². The Labute approximate surface area is 131 Å². The first-order chi connectivity index (χ1) is 10.8. The van der Waals surface area contributed by atoms with Crippen LogP contribution in [0, 0.1) is 0 Å². The van der Waals surface area contributed by atoms with Gasteiger partial charge in [0.15, 0.2) is 5.65 Å². The first-order valence-corrected chi connectivity index (χ1v) is 7.80. The van der Waals surface area contributed by atoms with Crippen LogP contribution in [0.1, 0.15) is 4.88 Å². The summed E-state index contributed by atoms with van der Waals surface area (Å²) in [5.41, 5.74) is 2.85. The molecule has 0 fully saturated rings. The fourth-order valence-corrected chi connectivity index (χ4v) is 3.08. The summed E-state index contributed by atoms with van der Waals surface area (Å²) >= 11 is 1.72. The number of rotatable bonds is 4. The molecule has 0 saturated carbocycles. The van der Waals surface area contributed by atoms with E-state index in [1.165, 1.54) is 4.88 Å². The fourth-order valence-electron chi connectivity index (χ4n) is 2.40. The molecular weight excluding hydrogens is 296 g/mol. The zero-order chi connectivity index (χ0) is 14.9. The number of hydrogen-bond acceptors (Lipinski definition) is 4. The third-order valence-corrected chi connectivity index (χ3v) is 4.39. The predicted octanol–water partition coefficient (Wildman–Crippen LogP) is 3.54. The van der Waals surface area contributed by atoms with Crippen molar-refractivity contribution < 1.29 is 4.74 Å². The molecule has 22 heavy (non-hydrogen) atoms. The monoisotopic (exact) mass is 310 g/mol. The Kier molecular flexibility index (Phi) is 3.16. The molecule has 0 aliphatic rings. The molecule has 1 N–H and O–H groups in total. The van der Waals surface area contributed by atoms with E-state index in [4.69, 9.17) is 4.74 Å². The maximum absolute atomic E-state index is 5.18. The van der Waals surface area contributed by atoms with E-state index in [0.29, 0.717) is 0 Å². The summed E-state index contributed by atoms with van der Waals surface area (Å²) < 4.78 is 7.10. The number of imidazole rings is 1. The summed E-state index contributed by atoms with van der Waals surface area (Å²) in [5, 5.41) is 6.47. The second-order valence-electron chi connectivity index (χ2n) is 4.93. The number of methoxy groups -OCH3 is 1. The minimum absolute atomic E-state index is 0.744. The Bertz CT molecular complexity index is 890. The van der Waals surface area contributed by atoms with Crippen molar-refractivity contribution in [1.82, 2.24) is 19.7 Å². The van der Waals surface area contributed by atoms with Gasteiger partial charge in [-0.1, -0.05) is 6.07 Å². The molecular formula is C16H14N4OS. The molecule has 0 atom stereocenters. The number of fused-ring (bicyclic) bond motifs is 1. The van der Waals surface area contributed by atoms with Crippen LogP contribution in [-0.2, 0) is 6.54 Å². The molecule has 1 aromatic carbocycles. The van der Waals surface area contributed by atoms with Gasteiger partial charge in [0.1, 0.15) is 17.1 Å². The van der Waals surface area contributed by atoms with Gasteiger partial charge < -0.3 is 9.72 Å². The molecule has 110 valence electrons. The second-order valence-corrected chi connectivity index (χ2v) is 5.97. The van der Waals surface area contributed by atoms with Gasteiger partial charge in [-0.2, -0.15) is 5.10 Å².